The fourth-order valence-electron chi connectivity index (χ4n) is 1.41. The lowest BCUT2D eigenvalue weighted by Gasteiger charge is -2.00. The van der Waals surface area contributed by atoms with Crippen LogP contribution in [0.25, 0.3) is 0 Å². The minimum Gasteiger partial charge on any atom is -0.402 e. The minimum atomic E-state index is -3.68. The van der Waals surface area contributed by atoms with E-state index in [1.165, 1.54) is 12.1 Å². The molecule has 0 radical (unpaired) electrons. The Bertz CT molecular complexity index is 752. The average Bonchev–Trinajstić information content (AvgIpc) is 2.70. The van der Waals surface area contributed by atoms with E-state index in [0.717, 1.165) is 24.5 Å². The molecule has 1 aromatic heterocycles. The summed E-state index contributed by atoms with van der Waals surface area (Å²) >= 11 is 0. The largest absolute Gasteiger partial charge is 0.402 e. The maximum absolute atomic E-state index is 12.7. The molecule has 0 aliphatic carbocycles. The van der Waals surface area contributed by atoms with Crippen molar-refractivity contribution in [3.63, 3.8) is 0 Å². The van der Waals surface area contributed by atoms with Crippen molar-refractivity contribution >= 4 is 21.8 Å². The van der Waals surface area contributed by atoms with Crippen LogP contribution < -0.4 is 10.5 Å². The van der Waals surface area contributed by atoms with Gasteiger partial charge in [0.1, 0.15) is 11.6 Å². The number of ether oxygens (including phenoxy) is 1. The monoisotopic (exact) mass is 299 g/mol. The smallest absolute Gasteiger partial charge is 0.344 e. The zero-order valence-corrected chi connectivity index (χ0v) is 11.1. The number of halogens is 1. The van der Waals surface area contributed by atoms with Crippen molar-refractivity contribution in [3.05, 3.63) is 41.7 Å². The number of nitrogens with zero attached hydrogens (tertiary/aromatic N) is 2. The highest BCUT2D eigenvalue weighted by Gasteiger charge is 2.17. The maximum atomic E-state index is 12.7. The number of rotatable bonds is 3. The van der Waals surface area contributed by atoms with Crippen LogP contribution in [0.15, 0.2) is 30.3 Å². The van der Waals surface area contributed by atoms with Crippen LogP contribution in [0.1, 0.15) is 10.4 Å². The molecule has 0 unspecified atom stereocenters. The van der Waals surface area contributed by atoms with E-state index in [1.54, 1.807) is 0 Å². The zero-order chi connectivity index (χ0) is 14.9. The SMILES string of the molecule is CS(=O)(=O)n1nc(OC(=O)c2ccc(F)cc2)cc1N. The number of hydrogen-bond donors (Lipinski definition) is 1. The van der Waals surface area contributed by atoms with Crippen LogP contribution in [0.2, 0.25) is 0 Å². The van der Waals surface area contributed by atoms with Gasteiger partial charge in [0.2, 0.25) is 5.88 Å². The molecule has 2 aromatic rings. The zero-order valence-electron chi connectivity index (χ0n) is 10.3. The van der Waals surface area contributed by atoms with Gasteiger partial charge in [-0.1, -0.05) is 0 Å². The summed E-state index contributed by atoms with van der Waals surface area (Å²) in [5, 5.41) is 3.55. The molecule has 7 nitrogen and oxygen atoms in total. The molecule has 0 spiro atoms. The molecule has 1 aromatic carbocycles. The van der Waals surface area contributed by atoms with Gasteiger partial charge in [-0.05, 0) is 24.3 Å². The first kappa shape index (κ1) is 14.0. The van der Waals surface area contributed by atoms with Crippen LogP contribution >= 0.6 is 0 Å². The molecule has 106 valence electrons. The van der Waals surface area contributed by atoms with E-state index < -0.39 is 21.8 Å². The number of esters is 1. The molecule has 0 aliphatic heterocycles. The topological polar surface area (TPSA) is 104 Å². The van der Waals surface area contributed by atoms with Gasteiger partial charge in [0, 0.05) is 6.07 Å². The molecule has 0 amide bonds. The Hall–Kier alpha value is -2.42. The van der Waals surface area contributed by atoms with E-state index >= 15 is 0 Å². The number of anilines is 1. The summed E-state index contributed by atoms with van der Waals surface area (Å²) < 4.78 is 40.7. The molecule has 0 atom stereocenters. The summed E-state index contributed by atoms with van der Waals surface area (Å²) in [7, 11) is -3.68. The predicted molar refractivity (Wildman–Crippen MR) is 68.2 cm³/mol. The summed E-state index contributed by atoms with van der Waals surface area (Å²) in [5.74, 6) is -1.74. The highest BCUT2D eigenvalue weighted by molar-refractivity contribution is 7.89. The first-order chi connectivity index (χ1) is 9.27. The van der Waals surface area contributed by atoms with Gasteiger partial charge in [0.05, 0.1) is 11.8 Å². The highest BCUT2D eigenvalue weighted by atomic mass is 32.2. The van der Waals surface area contributed by atoms with Crippen LogP contribution in [0.4, 0.5) is 10.2 Å². The molecule has 0 aliphatic rings. The molecular weight excluding hydrogens is 289 g/mol. The number of carbonyl (C=O) groups is 1. The minimum absolute atomic E-state index is 0.0962. The quantitative estimate of drug-likeness (QED) is 0.834. The van der Waals surface area contributed by atoms with E-state index in [-0.39, 0.29) is 17.3 Å². The second-order valence-electron chi connectivity index (χ2n) is 3.91. The Balaban J connectivity index is 2.23. The van der Waals surface area contributed by atoms with Crippen molar-refractivity contribution in [2.75, 3.05) is 12.0 Å². The standard InChI is InChI=1S/C11H10FN3O4S/c1-20(17,18)15-9(13)6-10(14-15)19-11(16)7-2-4-8(12)5-3-7/h2-6H,13H2,1H3. The van der Waals surface area contributed by atoms with Crippen LogP contribution in [0.3, 0.4) is 0 Å². The number of nitrogens with two attached hydrogens (primary N) is 1. The Morgan fingerprint density at radius 2 is 1.95 bits per heavy atom. The van der Waals surface area contributed by atoms with Crippen LogP contribution in [-0.2, 0) is 10.0 Å². The molecular formula is C11H10FN3O4S. The summed E-state index contributed by atoms with van der Waals surface area (Å²) in [6, 6.07) is 5.76. The van der Waals surface area contributed by atoms with E-state index in [4.69, 9.17) is 10.5 Å². The lowest BCUT2D eigenvalue weighted by atomic mass is 10.2. The fourth-order valence-corrected chi connectivity index (χ4v) is 2.08. The second-order valence-corrected chi connectivity index (χ2v) is 5.72. The number of hydrogen-bond acceptors (Lipinski definition) is 6. The van der Waals surface area contributed by atoms with Crippen LogP contribution in [0.5, 0.6) is 5.88 Å². The first-order valence-electron chi connectivity index (χ1n) is 5.31. The lowest BCUT2D eigenvalue weighted by Crippen LogP contribution is -2.15. The van der Waals surface area contributed by atoms with Gasteiger partial charge in [-0.3, -0.25) is 0 Å². The molecule has 2 N–H and O–H groups in total. The van der Waals surface area contributed by atoms with E-state index in [0.29, 0.717) is 4.09 Å². The van der Waals surface area contributed by atoms with Crippen molar-refractivity contribution < 1.29 is 22.3 Å². The van der Waals surface area contributed by atoms with Crippen molar-refractivity contribution in [2.45, 2.75) is 0 Å². The number of aromatic nitrogens is 2. The Morgan fingerprint density at radius 1 is 1.35 bits per heavy atom. The second kappa shape index (κ2) is 4.93. The third kappa shape index (κ3) is 2.94. The highest BCUT2D eigenvalue weighted by Crippen LogP contribution is 2.17. The molecule has 0 saturated carbocycles. The van der Waals surface area contributed by atoms with Crippen LogP contribution in [-0.4, -0.2) is 29.8 Å². The summed E-state index contributed by atoms with van der Waals surface area (Å²) in [6.45, 7) is 0. The molecule has 0 saturated heterocycles. The number of benzene rings is 1. The Morgan fingerprint density at radius 3 is 2.45 bits per heavy atom. The maximum Gasteiger partial charge on any atom is 0.344 e. The van der Waals surface area contributed by atoms with Crippen molar-refractivity contribution in [3.8, 4) is 5.88 Å². The lowest BCUT2D eigenvalue weighted by molar-refractivity contribution is 0.0727. The van der Waals surface area contributed by atoms with Gasteiger partial charge in [-0.25, -0.2) is 17.6 Å². The third-order valence-corrected chi connectivity index (χ3v) is 3.19. The van der Waals surface area contributed by atoms with Gasteiger partial charge in [-0.15, -0.1) is 9.19 Å². The van der Waals surface area contributed by atoms with Crippen LogP contribution in [0, 0.1) is 5.82 Å². The predicted octanol–water partition coefficient (Wildman–Crippen LogP) is 0.631. The third-order valence-electron chi connectivity index (χ3n) is 2.27. The fraction of sp³-hybridized carbons (Fsp3) is 0.0909. The Labute approximate surface area is 113 Å². The van der Waals surface area contributed by atoms with Gasteiger partial charge in [0.15, 0.2) is 0 Å². The molecule has 0 bridgehead atoms. The van der Waals surface area contributed by atoms with E-state index in [2.05, 4.69) is 5.10 Å². The molecule has 2 rings (SSSR count). The molecule has 0 fully saturated rings. The summed E-state index contributed by atoms with van der Waals surface area (Å²) in [6.07, 6.45) is 0.905. The molecule has 1 heterocycles. The molecule has 20 heavy (non-hydrogen) atoms. The Kier molecular flexibility index (Phi) is 3.45. The summed E-state index contributed by atoms with van der Waals surface area (Å²) in [4.78, 5) is 11.7. The van der Waals surface area contributed by atoms with Gasteiger partial charge >= 0.3 is 5.97 Å². The van der Waals surface area contributed by atoms with Gasteiger partial charge < -0.3 is 10.5 Å². The normalized spacial score (nSPS) is 11.3. The van der Waals surface area contributed by atoms with Crippen molar-refractivity contribution in [2.24, 2.45) is 0 Å². The summed E-state index contributed by atoms with van der Waals surface area (Å²) in [5.41, 5.74) is 5.54. The average molecular weight is 299 g/mol. The van der Waals surface area contributed by atoms with E-state index in [9.17, 15) is 17.6 Å². The molecule has 9 heteroatoms. The first-order valence-corrected chi connectivity index (χ1v) is 7.16. The van der Waals surface area contributed by atoms with Gasteiger partial charge in [-0.2, -0.15) is 0 Å². The van der Waals surface area contributed by atoms with Gasteiger partial charge in [0.25, 0.3) is 10.0 Å². The number of carbonyl (C=O) groups excluding carboxylic acids is 1. The van der Waals surface area contributed by atoms with Crippen molar-refractivity contribution in [1.82, 2.24) is 9.19 Å². The van der Waals surface area contributed by atoms with E-state index in [1.807, 2.05) is 0 Å². The van der Waals surface area contributed by atoms with Crippen molar-refractivity contribution in [1.29, 1.82) is 0 Å². The number of nitrogen functional groups attached to an aromatic ring is 1.